The zero-order valence-electron chi connectivity index (χ0n) is 13.5. The van der Waals surface area contributed by atoms with Crippen molar-refractivity contribution in [1.82, 2.24) is 30.2 Å². The molecule has 26 heavy (non-hydrogen) atoms. The number of hydrogen-bond donors (Lipinski definition) is 3. The van der Waals surface area contributed by atoms with E-state index < -0.39 is 11.9 Å². The fraction of sp³-hybridized carbons (Fsp3) is 0.125. The van der Waals surface area contributed by atoms with Crippen molar-refractivity contribution in [2.45, 2.75) is 13.1 Å². The van der Waals surface area contributed by atoms with E-state index in [-0.39, 0.29) is 23.8 Å². The lowest BCUT2D eigenvalue weighted by molar-refractivity contribution is 0.0946. The van der Waals surface area contributed by atoms with E-state index in [2.05, 4.69) is 35.5 Å². The SMILES string of the molecule is O=C(NCc1ccccn1)Nc1snnc1C(=O)NCc1ccccn1. The van der Waals surface area contributed by atoms with E-state index in [0.29, 0.717) is 5.69 Å². The molecular formula is C16H15N7O2S. The van der Waals surface area contributed by atoms with Crippen molar-refractivity contribution in [2.75, 3.05) is 5.32 Å². The van der Waals surface area contributed by atoms with Crippen LogP contribution in [0.4, 0.5) is 9.80 Å². The minimum Gasteiger partial charge on any atom is -0.345 e. The molecule has 0 fully saturated rings. The normalized spacial score (nSPS) is 10.2. The van der Waals surface area contributed by atoms with Crippen molar-refractivity contribution in [3.05, 3.63) is 65.9 Å². The Hall–Kier alpha value is -3.40. The summed E-state index contributed by atoms with van der Waals surface area (Å²) >= 11 is 0.924. The molecule has 0 spiro atoms. The van der Waals surface area contributed by atoms with Gasteiger partial charge in [0.15, 0.2) is 10.7 Å². The molecule has 3 rings (SSSR count). The first kappa shape index (κ1) is 17.4. The average Bonchev–Trinajstić information content (AvgIpc) is 3.14. The second-order valence-corrected chi connectivity index (χ2v) is 5.84. The monoisotopic (exact) mass is 369 g/mol. The van der Waals surface area contributed by atoms with Crippen LogP contribution < -0.4 is 16.0 Å². The van der Waals surface area contributed by atoms with E-state index in [4.69, 9.17) is 0 Å². The Bertz CT molecular complexity index is 871. The molecule has 0 aromatic carbocycles. The largest absolute Gasteiger partial charge is 0.345 e. The second-order valence-electron chi connectivity index (χ2n) is 5.08. The highest BCUT2D eigenvalue weighted by molar-refractivity contribution is 7.10. The van der Waals surface area contributed by atoms with Crippen LogP contribution in [0.3, 0.4) is 0 Å². The van der Waals surface area contributed by atoms with Gasteiger partial charge in [-0.3, -0.25) is 20.1 Å². The third-order valence-electron chi connectivity index (χ3n) is 3.24. The summed E-state index contributed by atoms with van der Waals surface area (Å²) in [6.45, 7) is 0.516. The summed E-state index contributed by atoms with van der Waals surface area (Å²) in [4.78, 5) is 32.5. The molecule has 3 amide bonds. The van der Waals surface area contributed by atoms with Crippen molar-refractivity contribution in [2.24, 2.45) is 0 Å². The van der Waals surface area contributed by atoms with Crippen molar-refractivity contribution >= 4 is 28.5 Å². The number of nitrogens with zero attached hydrogens (tertiary/aromatic N) is 4. The quantitative estimate of drug-likeness (QED) is 0.606. The zero-order valence-corrected chi connectivity index (χ0v) is 14.4. The molecule has 132 valence electrons. The Kier molecular flexibility index (Phi) is 5.78. The second kappa shape index (κ2) is 8.62. The predicted octanol–water partition coefficient (Wildman–Crippen LogP) is 1.58. The molecule has 3 aromatic heterocycles. The van der Waals surface area contributed by atoms with E-state index in [1.54, 1.807) is 36.7 Å². The van der Waals surface area contributed by atoms with Crippen LogP contribution in [0, 0.1) is 0 Å². The molecule has 3 aromatic rings. The standard InChI is InChI=1S/C16H15N7O2S/c24-14(19-9-11-5-1-3-7-17-11)13-15(26-23-22-13)21-16(25)20-10-12-6-2-4-8-18-12/h1-8H,9-10H2,(H,19,24)(H2,20,21,25). The Labute approximate surface area is 153 Å². The summed E-state index contributed by atoms with van der Waals surface area (Å²) < 4.78 is 3.73. The third kappa shape index (κ3) is 4.80. The summed E-state index contributed by atoms with van der Waals surface area (Å²) in [6.07, 6.45) is 3.29. The molecule has 10 heteroatoms. The Morgan fingerprint density at radius 3 is 2.19 bits per heavy atom. The van der Waals surface area contributed by atoms with Crippen LogP contribution in [0.1, 0.15) is 21.9 Å². The van der Waals surface area contributed by atoms with Gasteiger partial charge in [0.2, 0.25) is 0 Å². The van der Waals surface area contributed by atoms with Gasteiger partial charge in [-0.1, -0.05) is 16.6 Å². The van der Waals surface area contributed by atoms with Gasteiger partial charge in [-0.25, -0.2) is 4.79 Å². The lowest BCUT2D eigenvalue weighted by atomic mass is 10.3. The highest BCUT2D eigenvalue weighted by Crippen LogP contribution is 2.17. The molecule has 0 saturated carbocycles. The van der Waals surface area contributed by atoms with Crippen LogP contribution in [0.5, 0.6) is 0 Å². The van der Waals surface area contributed by atoms with Gasteiger partial charge >= 0.3 is 6.03 Å². The lowest BCUT2D eigenvalue weighted by Crippen LogP contribution is -2.30. The van der Waals surface area contributed by atoms with Crippen LogP contribution in [0.2, 0.25) is 0 Å². The van der Waals surface area contributed by atoms with Gasteiger partial charge in [0, 0.05) is 23.9 Å². The maximum atomic E-state index is 12.2. The number of pyridine rings is 2. The number of urea groups is 1. The van der Waals surface area contributed by atoms with Crippen molar-refractivity contribution in [3.63, 3.8) is 0 Å². The number of rotatable bonds is 6. The third-order valence-corrected chi connectivity index (χ3v) is 3.88. The summed E-state index contributed by atoms with van der Waals surface area (Å²) in [5.41, 5.74) is 1.49. The Morgan fingerprint density at radius 2 is 1.58 bits per heavy atom. The van der Waals surface area contributed by atoms with Crippen LogP contribution >= 0.6 is 11.5 Å². The van der Waals surface area contributed by atoms with E-state index in [9.17, 15) is 9.59 Å². The molecule has 0 atom stereocenters. The number of hydrogen-bond acceptors (Lipinski definition) is 7. The van der Waals surface area contributed by atoms with Gasteiger partial charge in [-0.15, -0.1) is 5.10 Å². The number of aromatic nitrogens is 4. The van der Waals surface area contributed by atoms with Crippen molar-refractivity contribution in [3.8, 4) is 0 Å². The number of carbonyl (C=O) groups is 2. The van der Waals surface area contributed by atoms with Crippen LogP contribution in [-0.4, -0.2) is 31.5 Å². The Balaban J connectivity index is 1.54. The van der Waals surface area contributed by atoms with Gasteiger partial charge in [0.1, 0.15) is 0 Å². The molecule has 3 heterocycles. The molecule has 9 nitrogen and oxygen atoms in total. The summed E-state index contributed by atoms with van der Waals surface area (Å²) in [5.74, 6) is -0.440. The van der Waals surface area contributed by atoms with Gasteiger partial charge in [0.25, 0.3) is 5.91 Å². The molecule has 0 saturated heterocycles. The summed E-state index contributed by atoms with van der Waals surface area (Å²) in [5, 5.41) is 12.0. The van der Waals surface area contributed by atoms with Gasteiger partial charge in [-0.05, 0) is 24.3 Å². The number of anilines is 1. The molecule has 3 N–H and O–H groups in total. The molecular weight excluding hydrogens is 354 g/mol. The summed E-state index contributed by atoms with van der Waals surface area (Å²) in [6, 6.07) is 10.4. The van der Waals surface area contributed by atoms with E-state index in [1.165, 1.54) is 0 Å². The van der Waals surface area contributed by atoms with Gasteiger partial charge in [-0.2, -0.15) is 0 Å². The van der Waals surface area contributed by atoms with Crippen LogP contribution in [0.25, 0.3) is 0 Å². The number of nitrogens with one attached hydrogen (secondary N) is 3. The molecule has 0 radical (unpaired) electrons. The minimum absolute atomic E-state index is 0.0546. The maximum Gasteiger partial charge on any atom is 0.320 e. The van der Waals surface area contributed by atoms with E-state index >= 15 is 0 Å². The highest BCUT2D eigenvalue weighted by atomic mass is 32.1. The first-order chi connectivity index (χ1) is 12.7. The highest BCUT2D eigenvalue weighted by Gasteiger charge is 2.18. The molecule has 0 aliphatic rings. The average molecular weight is 369 g/mol. The van der Waals surface area contributed by atoms with Gasteiger partial charge in [0.05, 0.1) is 24.5 Å². The smallest absolute Gasteiger partial charge is 0.320 e. The summed E-state index contributed by atoms with van der Waals surface area (Å²) in [7, 11) is 0. The molecule has 0 unspecified atom stereocenters. The van der Waals surface area contributed by atoms with Gasteiger partial charge < -0.3 is 10.6 Å². The number of amides is 3. The fourth-order valence-electron chi connectivity index (χ4n) is 2.00. The topological polar surface area (TPSA) is 122 Å². The lowest BCUT2D eigenvalue weighted by Gasteiger charge is -2.07. The first-order valence-corrected chi connectivity index (χ1v) is 8.45. The predicted molar refractivity (Wildman–Crippen MR) is 95.4 cm³/mol. The molecule has 0 aliphatic heterocycles. The molecule has 0 aliphatic carbocycles. The maximum absolute atomic E-state index is 12.2. The minimum atomic E-state index is -0.472. The van der Waals surface area contributed by atoms with E-state index in [0.717, 1.165) is 17.2 Å². The zero-order chi connectivity index (χ0) is 18.2. The first-order valence-electron chi connectivity index (χ1n) is 7.67. The number of carbonyl (C=O) groups excluding carboxylic acids is 2. The van der Waals surface area contributed by atoms with Crippen molar-refractivity contribution in [1.29, 1.82) is 0 Å². The Morgan fingerprint density at radius 1 is 0.923 bits per heavy atom. The van der Waals surface area contributed by atoms with Crippen molar-refractivity contribution < 1.29 is 9.59 Å². The fourth-order valence-corrected chi connectivity index (χ4v) is 2.56. The van der Waals surface area contributed by atoms with Crippen LogP contribution in [0.15, 0.2) is 48.8 Å². The van der Waals surface area contributed by atoms with E-state index in [1.807, 2.05) is 12.1 Å². The van der Waals surface area contributed by atoms with Crippen LogP contribution in [-0.2, 0) is 13.1 Å². The molecule has 0 bridgehead atoms.